The van der Waals surface area contributed by atoms with E-state index in [-0.39, 0.29) is 12.0 Å². The van der Waals surface area contributed by atoms with Crippen molar-refractivity contribution in [2.45, 2.75) is 24.7 Å². The zero-order valence-corrected chi connectivity index (χ0v) is 14.9. The molecule has 2 aromatic carbocycles. The molecule has 2 aliphatic heterocycles. The summed E-state index contributed by atoms with van der Waals surface area (Å²) in [5, 5.41) is 2.94. The number of hydrogen-bond donors (Lipinski definition) is 1. The highest BCUT2D eigenvalue weighted by Gasteiger charge is 2.38. The minimum absolute atomic E-state index is 0.201. The number of carbonyl (C=O) groups excluding carboxylic acids is 1. The Labute approximate surface area is 157 Å². The van der Waals surface area contributed by atoms with Gasteiger partial charge >= 0.3 is 0 Å². The first-order chi connectivity index (χ1) is 13.2. The third kappa shape index (κ3) is 3.88. The second kappa shape index (κ2) is 7.92. The van der Waals surface area contributed by atoms with Crippen molar-refractivity contribution >= 4 is 5.91 Å². The number of rotatable bonds is 4. The molecular formula is C21H21NO5. The van der Waals surface area contributed by atoms with Gasteiger partial charge in [0.1, 0.15) is 17.9 Å². The standard InChI is InChI=1S/C21H21NO5/c1-24-21-16(22-19(23)14-8-4-2-5-9-14)12-17-18(27-21)13-25-20(26-17)15-10-6-3-7-11-15/h2-12,16,18,20-21H,13H2,1H3,(H,22,23)/t16-,18+,20+,21+/m1/s1. The molecule has 2 aromatic rings. The molecule has 27 heavy (non-hydrogen) atoms. The first-order valence-electron chi connectivity index (χ1n) is 8.83. The van der Waals surface area contributed by atoms with Crippen LogP contribution in [-0.4, -0.2) is 38.1 Å². The lowest BCUT2D eigenvalue weighted by atomic mass is 10.1. The van der Waals surface area contributed by atoms with Crippen LogP contribution >= 0.6 is 0 Å². The third-order valence-corrected chi connectivity index (χ3v) is 4.53. The van der Waals surface area contributed by atoms with Crippen LogP contribution in [0.2, 0.25) is 0 Å². The summed E-state index contributed by atoms with van der Waals surface area (Å²) in [4.78, 5) is 12.5. The maximum absolute atomic E-state index is 12.5. The Morgan fingerprint density at radius 2 is 1.78 bits per heavy atom. The number of hydrogen-bond acceptors (Lipinski definition) is 5. The highest BCUT2D eigenvalue weighted by Crippen LogP contribution is 2.33. The van der Waals surface area contributed by atoms with E-state index in [1.54, 1.807) is 19.2 Å². The molecule has 4 atom stereocenters. The Kier molecular flexibility index (Phi) is 5.20. The molecule has 4 rings (SSSR count). The zero-order valence-electron chi connectivity index (χ0n) is 14.9. The van der Waals surface area contributed by atoms with Crippen LogP contribution in [0.1, 0.15) is 22.2 Å². The average Bonchev–Trinajstić information content (AvgIpc) is 2.74. The van der Waals surface area contributed by atoms with Crippen molar-refractivity contribution in [3.05, 3.63) is 83.6 Å². The maximum atomic E-state index is 12.5. The van der Waals surface area contributed by atoms with E-state index in [0.29, 0.717) is 17.9 Å². The van der Waals surface area contributed by atoms with Gasteiger partial charge in [0.25, 0.3) is 5.91 Å². The van der Waals surface area contributed by atoms with Crippen LogP contribution in [0.3, 0.4) is 0 Å². The van der Waals surface area contributed by atoms with E-state index in [9.17, 15) is 4.79 Å². The summed E-state index contributed by atoms with van der Waals surface area (Å²) < 4.78 is 23.1. The fourth-order valence-corrected chi connectivity index (χ4v) is 3.16. The van der Waals surface area contributed by atoms with Crippen molar-refractivity contribution in [2.24, 2.45) is 0 Å². The van der Waals surface area contributed by atoms with Crippen LogP contribution in [0.4, 0.5) is 0 Å². The summed E-state index contributed by atoms with van der Waals surface area (Å²) in [6.45, 7) is 0.352. The third-order valence-electron chi connectivity index (χ3n) is 4.53. The molecule has 1 fully saturated rings. The van der Waals surface area contributed by atoms with E-state index >= 15 is 0 Å². The van der Waals surface area contributed by atoms with Crippen molar-refractivity contribution in [1.29, 1.82) is 0 Å². The molecule has 0 aromatic heterocycles. The van der Waals surface area contributed by atoms with Crippen LogP contribution in [0.25, 0.3) is 0 Å². The molecule has 1 amide bonds. The number of amides is 1. The second-order valence-corrected chi connectivity index (χ2v) is 6.36. The second-order valence-electron chi connectivity index (χ2n) is 6.36. The van der Waals surface area contributed by atoms with Gasteiger partial charge in [-0.15, -0.1) is 0 Å². The van der Waals surface area contributed by atoms with Gasteiger partial charge in [0.2, 0.25) is 6.29 Å². The molecule has 2 heterocycles. The fraction of sp³-hybridized carbons (Fsp3) is 0.286. The van der Waals surface area contributed by atoms with E-state index < -0.39 is 18.6 Å². The van der Waals surface area contributed by atoms with Gasteiger partial charge in [0.15, 0.2) is 6.29 Å². The first kappa shape index (κ1) is 17.7. The SMILES string of the molecule is CO[C@H]1O[C@H]2CO[C@H](c3ccccc3)OC2=C[C@H]1NC(=O)c1ccccc1. The molecule has 0 aliphatic carbocycles. The normalized spacial score (nSPS) is 27.1. The summed E-state index contributed by atoms with van der Waals surface area (Å²) in [6.07, 6.45) is 0.371. The molecule has 6 nitrogen and oxygen atoms in total. The minimum Gasteiger partial charge on any atom is -0.462 e. The number of benzene rings is 2. The molecule has 140 valence electrons. The molecule has 0 bridgehead atoms. The lowest BCUT2D eigenvalue weighted by Gasteiger charge is -2.39. The number of nitrogens with one attached hydrogen (secondary N) is 1. The van der Waals surface area contributed by atoms with E-state index in [1.165, 1.54) is 0 Å². The average molecular weight is 367 g/mol. The predicted molar refractivity (Wildman–Crippen MR) is 97.7 cm³/mol. The molecule has 0 spiro atoms. The summed E-state index contributed by atoms with van der Waals surface area (Å²) in [5.74, 6) is 0.440. The quantitative estimate of drug-likeness (QED) is 0.900. The largest absolute Gasteiger partial charge is 0.462 e. The van der Waals surface area contributed by atoms with Crippen LogP contribution in [0.5, 0.6) is 0 Å². The lowest BCUT2D eigenvalue weighted by molar-refractivity contribution is -0.246. The van der Waals surface area contributed by atoms with Gasteiger partial charge in [0, 0.05) is 18.2 Å². The number of carbonyl (C=O) groups is 1. The van der Waals surface area contributed by atoms with Crippen molar-refractivity contribution in [3.63, 3.8) is 0 Å². The number of methoxy groups -OCH3 is 1. The number of ether oxygens (including phenoxy) is 4. The molecule has 2 aliphatic rings. The summed E-state index contributed by atoms with van der Waals surface area (Å²) in [6, 6.07) is 18.3. The Balaban J connectivity index is 1.52. The van der Waals surface area contributed by atoms with Gasteiger partial charge in [-0.3, -0.25) is 4.79 Å². The molecule has 6 heteroatoms. The Morgan fingerprint density at radius 1 is 1.07 bits per heavy atom. The monoisotopic (exact) mass is 367 g/mol. The highest BCUT2D eigenvalue weighted by atomic mass is 16.7. The van der Waals surface area contributed by atoms with E-state index in [2.05, 4.69) is 5.32 Å². The zero-order chi connectivity index (χ0) is 18.6. The summed E-state index contributed by atoms with van der Waals surface area (Å²) in [5.41, 5.74) is 1.50. The van der Waals surface area contributed by atoms with E-state index in [1.807, 2.05) is 54.6 Å². The molecule has 1 N–H and O–H groups in total. The van der Waals surface area contributed by atoms with E-state index in [0.717, 1.165) is 5.56 Å². The van der Waals surface area contributed by atoms with Gasteiger partial charge in [0.05, 0.1) is 6.61 Å². The summed E-state index contributed by atoms with van der Waals surface area (Å²) >= 11 is 0. The molecule has 0 unspecified atom stereocenters. The topological polar surface area (TPSA) is 66.0 Å². The summed E-state index contributed by atoms with van der Waals surface area (Å²) in [7, 11) is 1.54. The van der Waals surface area contributed by atoms with Crippen LogP contribution in [0, 0.1) is 0 Å². The van der Waals surface area contributed by atoms with Gasteiger partial charge in [-0.1, -0.05) is 48.5 Å². The molecule has 0 radical (unpaired) electrons. The Morgan fingerprint density at radius 3 is 2.48 bits per heavy atom. The maximum Gasteiger partial charge on any atom is 0.251 e. The fourth-order valence-electron chi connectivity index (χ4n) is 3.16. The van der Waals surface area contributed by atoms with Crippen molar-refractivity contribution in [3.8, 4) is 0 Å². The Hall–Kier alpha value is -2.67. The minimum atomic E-state index is -0.619. The van der Waals surface area contributed by atoms with Gasteiger partial charge < -0.3 is 24.3 Å². The van der Waals surface area contributed by atoms with Crippen molar-refractivity contribution in [1.82, 2.24) is 5.32 Å². The van der Waals surface area contributed by atoms with Crippen LogP contribution in [-0.2, 0) is 18.9 Å². The lowest BCUT2D eigenvalue weighted by Crippen LogP contribution is -2.51. The van der Waals surface area contributed by atoms with Gasteiger partial charge in [-0.05, 0) is 18.2 Å². The van der Waals surface area contributed by atoms with Crippen LogP contribution < -0.4 is 5.32 Å². The smallest absolute Gasteiger partial charge is 0.251 e. The first-order valence-corrected chi connectivity index (χ1v) is 8.83. The number of fused-ring (bicyclic) bond motifs is 1. The van der Waals surface area contributed by atoms with Crippen molar-refractivity contribution in [2.75, 3.05) is 13.7 Å². The molecule has 1 saturated heterocycles. The predicted octanol–water partition coefficient (Wildman–Crippen LogP) is 2.79. The van der Waals surface area contributed by atoms with Crippen molar-refractivity contribution < 1.29 is 23.7 Å². The van der Waals surface area contributed by atoms with E-state index in [4.69, 9.17) is 18.9 Å². The highest BCUT2D eigenvalue weighted by molar-refractivity contribution is 5.94. The molecule has 0 saturated carbocycles. The van der Waals surface area contributed by atoms with Crippen LogP contribution in [0.15, 0.2) is 72.5 Å². The Bertz CT molecular complexity index is 808. The van der Waals surface area contributed by atoms with Gasteiger partial charge in [-0.25, -0.2) is 0 Å². The van der Waals surface area contributed by atoms with Gasteiger partial charge in [-0.2, -0.15) is 0 Å². The molecular weight excluding hydrogens is 346 g/mol.